The third kappa shape index (κ3) is 11.4. The van der Waals surface area contributed by atoms with Gasteiger partial charge in [-0.3, -0.25) is 10.1 Å². The molecule has 0 N–H and O–H groups in total. The van der Waals surface area contributed by atoms with E-state index in [-0.39, 0.29) is 17.9 Å². The topological polar surface area (TPSA) is 69.4 Å². The molecule has 0 saturated heterocycles. The Morgan fingerprint density at radius 2 is 1.34 bits per heavy atom. The lowest BCUT2D eigenvalue weighted by atomic mass is 10.0. The van der Waals surface area contributed by atoms with Gasteiger partial charge in [0.15, 0.2) is 0 Å². The number of nitrogens with zero attached hydrogens (tertiary/aromatic N) is 1. The molecule has 0 saturated carbocycles. The van der Waals surface area contributed by atoms with E-state index >= 15 is 0 Å². The maximum atomic E-state index is 12.1. The molecule has 0 aliphatic carbocycles. The zero-order valence-electron chi connectivity index (χ0n) is 20.1. The summed E-state index contributed by atoms with van der Waals surface area (Å²) in [7, 11) is 0. The Morgan fingerprint density at radius 3 is 1.88 bits per heavy atom. The monoisotopic (exact) mass is 439 g/mol. The minimum absolute atomic E-state index is 0.0247. The van der Waals surface area contributed by atoms with Crippen molar-refractivity contribution in [2.75, 3.05) is 6.61 Å². The van der Waals surface area contributed by atoms with Crippen molar-refractivity contribution in [2.24, 2.45) is 0 Å². The summed E-state index contributed by atoms with van der Waals surface area (Å²) in [6.45, 7) is 10.7. The molecule has 32 heavy (non-hydrogen) atoms. The summed E-state index contributed by atoms with van der Waals surface area (Å²) in [6, 6.07) is 5.82. The van der Waals surface area contributed by atoms with E-state index in [0.717, 1.165) is 44.1 Å². The zero-order chi connectivity index (χ0) is 23.9. The summed E-state index contributed by atoms with van der Waals surface area (Å²) in [6.07, 6.45) is 14.9. The van der Waals surface area contributed by atoms with Gasteiger partial charge in [-0.25, -0.2) is 4.79 Å². The van der Waals surface area contributed by atoms with Gasteiger partial charge in [0, 0.05) is 6.07 Å². The van der Waals surface area contributed by atoms with E-state index in [9.17, 15) is 14.9 Å². The number of allylic oxidation sites excluding steroid dienone is 7. The number of carbonyl (C=O) groups excluding carboxylic acids is 1. The van der Waals surface area contributed by atoms with Crippen molar-refractivity contribution in [3.63, 3.8) is 0 Å². The largest absolute Gasteiger partial charge is 0.458 e. The molecule has 0 heterocycles. The molecule has 0 aliphatic heterocycles. The van der Waals surface area contributed by atoms with E-state index < -0.39 is 10.9 Å². The summed E-state index contributed by atoms with van der Waals surface area (Å²) in [5, 5.41) is 11.0. The van der Waals surface area contributed by atoms with Crippen LogP contribution in [0.25, 0.3) is 0 Å². The molecule has 0 atom stereocenters. The highest BCUT2D eigenvalue weighted by Crippen LogP contribution is 2.19. The molecule has 0 amide bonds. The third-order valence-electron chi connectivity index (χ3n) is 5.12. The molecule has 0 radical (unpaired) electrons. The fourth-order valence-corrected chi connectivity index (χ4v) is 3.13. The van der Waals surface area contributed by atoms with E-state index in [1.54, 1.807) is 6.07 Å². The van der Waals surface area contributed by atoms with Crippen LogP contribution in [-0.4, -0.2) is 17.5 Å². The van der Waals surface area contributed by atoms with Gasteiger partial charge in [-0.1, -0.05) is 52.7 Å². The van der Waals surface area contributed by atoms with Crippen molar-refractivity contribution in [1.82, 2.24) is 0 Å². The highest BCUT2D eigenvalue weighted by Gasteiger charge is 2.19. The second kappa shape index (κ2) is 15.0. The van der Waals surface area contributed by atoms with E-state index in [4.69, 9.17) is 4.74 Å². The van der Waals surface area contributed by atoms with Crippen LogP contribution in [0.2, 0.25) is 0 Å². The van der Waals surface area contributed by atoms with Crippen molar-refractivity contribution in [3.05, 3.63) is 86.5 Å². The van der Waals surface area contributed by atoms with Crippen molar-refractivity contribution in [2.45, 2.75) is 73.1 Å². The quantitative estimate of drug-likeness (QED) is 0.136. The highest BCUT2D eigenvalue weighted by atomic mass is 16.6. The van der Waals surface area contributed by atoms with Gasteiger partial charge in [0.1, 0.15) is 12.2 Å². The first-order valence-corrected chi connectivity index (χ1v) is 11.2. The number of benzene rings is 1. The van der Waals surface area contributed by atoms with Crippen LogP contribution < -0.4 is 0 Å². The van der Waals surface area contributed by atoms with Gasteiger partial charge < -0.3 is 4.74 Å². The minimum atomic E-state index is -0.679. The Labute approximate surface area is 192 Å². The van der Waals surface area contributed by atoms with Gasteiger partial charge in [0.05, 0.1) is 4.92 Å². The Bertz CT molecular complexity index is 887. The number of nitro groups is 1. The molecule has 5 heteroatoms. The Kier molecular flexibility index (Phi) is 12.7. The standard InChI is InChI=1S/C27H37NO4/c1-21(2)11-8-12-22(3)13-9-14-23(4)15-10-16-24(5)19-20-32-27(29)25-17-6-7-18-26(25)28(30)31/h6-7,11,13,15,17-19H,8-10,12,14,16,20H2,1-5H3/b22-13+,23-15?,24-19+. The van der Waals surface area contributed by atoms with Crippen LogP contribution in [0.3, 0.4) is 0 Å². The zero-order valence-corrected chi connectivity index (χ0v) is 20.1. The SMILES string of the molecule is CC(C)=CCC/C(C)=C/CCC(C)=CCC/C(C)=C/COC(=O)c1ccccc1[N+](=O)[O-]. The molecule has 174 valence electrons. The van der Waals surface area contributed by atoms with Gasteiger partial charge in [0.25, 0.3) is 5.69 Å². The summed E-state index contributed by atoms with van der Waals surface area (Å²) in [5.74, 6) is -0.679. The van der Waals surface area contributed by atoms with Crippen LogP contribution >= 0.6 is 0 Å². The lowest BCUT2D eigenvalue weighted by molar-refractivity contribution is -0.385. The van der Waals surface area contributed by atoms with Crippen LogP contribution in [0, 0.1) is 10.1 Å². The van der Waals surface area contributed by atoms with Crippen LogP contribution in [0.5, 0.6) is 0 Å². The van der Waals surface area contributed by atoms with E-state index in [1.807, 2.05) is 13.0 Å². The lowest BCUT2D eigenvalue weighted by Gasteiger charge is -2.05. The molecular formula is C27H37NO4. The summed E-state index contributed by atoms with van der Waals surface area (Å²) < 4.78 is 5.19. The first kappa shape index (κ1) is 27.1. The second-order valence-corrected chi connectivity index (χ2v) is 8.42. The van der Waals surface area contributed by atoms with Crippen molar-refractivity contribution in [1.29, 1.82) is 0 Å². The van der Waals surface area contributed by atoms with Gasteiger partial charge in [0.2, 0.25) is 0 Å². The summed E-state index contributed by atoms with van der Waals surface area (Å²) in [5.41, 5.74) is 5.07. The Morgan fingerprint density at radius 1 is 0.844 bits per heavy atom. The smallest absolute Gasteiger partial charge is 0.345 e. The van der Waals surface area contributed by atoms with Crippen molar-refractivity contribution < 1.29 is 14.5 Å². The van der Waals surface area contributed by atoms with Crippen molar-refractivity contribution >= 4 is 11.7 Å². The first-order chi connectivity index (χ1) is 15.2. The molecule has 0 fully saturated rings. The fourth-order valence-electron chi connectivity index (χ4n) is 3.13. The number of nitro benzene ring substituents is 1. The predicted octanol–water partition coefficient (Wildman–Crippen LogP) is 7.90. The third-order valence-corrected chi connectivity index (χ3v) is 5.12. The predicted molar refractivity (Wildman–Crippen MR) is 132 cm³/mol. The molecule has 0 aliphatic rings. The Hall–Kier alpha value is -2.95. The molecule has 0 aromatic heterocycles. The first-order valence-electron chi connectivity index (χ1n) is 11.2. The lowest BCUT2D eigenvalue weighted by Crippen LogP contribution is -2.08. The molecule has 1 rings (SSSR count). The van der Waals surface area contributed by atoms with E-state index in [2.05, 4.69) is 45.9 Å². The second-order valence-electron chi connectivity index (χ2n) is 8.42. The minimum Gasteiger partial charge on any atom is -0.458 e. The molecule has 0 bridgehead atoms. The molecule has 1 aromatic carbocycles. The number of ether oxygens (including phenoxy) is 1. The normalized spacial score (nSPS) is 12.5. The number of carbonyl (C=O) groups is 1. The van der Waals surface area contributed by atoms with Crippen LogP contribution in [0.15, 0.2) is 70.9 Å². The van der Waals surface area contributed by atoms with Gasteiger partial charge in [-0.15, -0.1) is 0 Å². The molecule has 1 aromatic rings. The van der Waals surface area contributed by atoms with Crippen LogP contribution in [0.4, 0.5) is 5.69 Å². The molecule has 5 nitrogen and oxygen atoms in total. The van der Waals surface area contributed by atoms with Crippen molar-refractivity contribution in [3.8, 4) is 0 Å². The number of esters is 1. The number of hydrogen-bond acceptors (Lipinski definition) is 4. The van der Waals surface area contributed by atoms with Gasteiger partial charge >= 0.3 is 5.97 Å². The van der Waals surface area contributed by atoms with E-state index in [1.165, 1.54) is 34.9 Å². The van der Waals surface area contributed by atoms with E-state index in [0.29, 0.717) is 0 Å². The maximum absolute atomic E-state index is 12.1. The Balaban J connectivity index is 2.36. The maximum Gasteiger partial charge on any atom is 0.345 e. The van der Waals surface area contributed by atoms with Gasteiger partial charge in [-0.2, -0.15) is 0 Å². The average molecular weight is 440 g/mol. The summed E-state index contributed by atoms with van der Waals surface area (Å²) >= 11 is 0. The van der Waals surface area contributed by atoms with Crippen LogP contribution in [-0.2, 0) is 4.74 Å². The average Bonchev–Trinajstić information content (AvgIpc) is 2.73. The molecule has 0 spiro atoms. The number of hydrogen-bond donors (Lipinski definition) is 0. The van der Waals surface area contributed by atoms with Crippen LogP contribution in [0.1, 0.15) is 83.5 Å². The highest BCUT2D eigenvalue weighted by molar-refractivity contribution is 5.93. The molecule has 0 unspecified atom stereocenters. The fraction of sp³-hybridized carbons (Fsp3) is 0.444. The number of para-hydroxylation sites is 1. The number of rotatable bonds is 13. The molecular weight excluding hydrogens is 402 g/mol. The van der Waals surface area contributed by atoms with Gasteiger partial charge in [-0.05, 0) is 85.3 Å². The summed E-state index contributed by atoms with van der Waals surface area (Å²) in [4.78, 5) is 22.6.